The van der Waals surface area contributed by atoms with Crippen LogP contribution in [0.5, 0.6) is 17.2 Å². The maximum Gasteiger partial charge on any atom is 0.295 e. The molecule has 1 saturated heterocycles. The number of likely N-dealkylation sites (tertiary alicyclic amines) is 1. The summed E-state index contributed by atoms with van der Waals surface area (Å²) in [6.45, 7) is 11.0. The van der Waals surface area contributed by atoms with Gasteiger partial charge in [0.25, 0.3) is 5.91 Å². The first kappa shape index (κ1) is 26.5. The molecule has 2 aliphatic rings. The second-order valence-corrected chi connectivity index (χ2v) is 9.31. The summed E-state index contributed by atoms with van der Waals surface area (Å²) in [5.74, 6) is -0.122. The third-order valence-electron chi connectivity index (χ3n) is 6.93. The molecule has 0 radical (unpaired) electrons. The zero-order valence-corrected chi connectivity index (χ0v) is 21.9. The van der Waals surface area contributed by atoms with E-state index in [-0.39, 0.29) is 5.57 Å². The fourth-order valence-electron chi connectivity index (χ4n) is 4.86. The van der Waals surface area contributed by atoms with E-state index in [1.807, 2.05) is 31.2 Å². The number of benzene rings is 2. The van der Waals surface area contributed by atoms with Crippen LogP contribution in [0.2, 0.25) is 0 Å². The number of carbonyl (C=O) groups is 2. The lowest BCUT2D eigenvalue weighted by molar-refractivity contribution is -0.896. The molecule has 2 aromatic rings. The van der Waals surface area contributed by atoms with E-state index >= 15 is 0 Å². The van der Waals surface area contributed by atoms with Gasteiger partial charge in [0.1, 0.15) is 19.0 Å². The Labute approximate surface area is 218 Å². The van der Waals surface area contributed by atoms with Crippen molar-refractivity contribution in [3.63, 3.8) is 0 Å². The summed E-state index contributed by atoms with van der Waals surface area (Å²) in [7, 11) is 0. The van der Waals surface area contributed by atoms with E-state index in [1.54, 1.807) is 23.1 Å². The van der Waals surface area contributed by atoms with E-state index in [0.717, 1.165) is 32.5 Å². The Kier molecular flexibility index (Phi) is 8.71. The van der Waals surface area contributed by atoms with Crippen LogP contribution in [-0.2, 0) is 9.59 Å². The first-order valence-corrected chi connectivity index (χ1v) is 13.2. The molecule has 1 fully saturated rings. The van der Waals surface area contributed by atoms with Gasteiger partial charge in [-0.05, 0) is 55.7 Å². The minimum Gasteiger partial charge on any atom is -0.872 e. The van der Waals surface area contributed by atoms with E-state index in [1.165, 1.54) is 4.90 Å². The zero-order chi connectivity index (χ0) is 26.4. The second-order valence-electron chi connectivity index (χ2n) is 9.31. The number of quaternary nitrogens is 1. The van der Waals surface area contributed by atoms with Gasteiger partial charge in [-0.3, -0.25) is 9.59 Å². The van der Waals surface area contributed by atoms with Gasteiger partial charge in [-0.1, -0.05) is 30.9 Å². The Morgan fingerprint density at radius 1 is 1.03 bits per heavy atom. The molecule has 198 valence electrons. The van der Waals surface area contributed by atoms with E-state index in [9.17, 15) is 14.7 Å². The number of Topliss-reactive ketones (excluding diaryl/α,β-unsaturated/α-hetero) is 1. The Balaban J connectivity index is 1.71. The highest BCUT2D eigenvalue weighted by Gasteiger charge is 2.44. The molecule has 0 aromatic heterocycles. The summed E-state index contributed by atoms with van der Waals surface area (Å²) in [5, 5.41) is 13.7. The van der Waals surface area contributed by atoms with Crippen LogP contribution in [0.15, 0.2) is 48.0 Å². The van der Waals surface area contributed by atoms with Crippen LogP contribution in [0.25, 0.3) is 5.76 Å². The number of amides is 1. The van der Waals surface area contributed by atoms with Gasteiger partial charge in [0, 0.05) is 18.5 Å². The van der Waals surface area contributed by atoms with Crippen molar-refractivity contribution in [1.82, 2.24) is 4.90 Å². The highest BCUT2D eigenvalue weighted by molar-refractivity contribution is 6.46. The van der Waals surface area contributed by atoms with Crippen molar-refractivity contribution < 1.29 is 33.8 Å². The Bertz CT molecular complexity index is 1140. The molecule has 0 spiro atoms. The summed E-state index contributed by atoms with van der Waals surface area (Å²) in [5.41, 5.74) is 0.973. The van der Waals surface area contributed by atoms with Crippen LogP contribution in [-0.4, -0.2) is 62.6 Å². The molecule has 37 heavy (non-hydrogen) atoms. The number of hydrogen-bond donors (Lipinski definition) is 1. The number of ketones is 1. The van der Waals surface area contributed by atoms with Crippen LogP contribution in [0, 0.1) is 0 Å². The number of carbonyl (C=O) groups excluding carboxylic acids is 2. The quantitative estimate of drug-likeness (QED) is 0.283. The van der Waals surface area contributed by atoms with E-state index in [2.05, 4.69) is 13.8 Å². The monoisotopic (exact) mass is 508 g/mol. The molecule has 0 bridgehead atoms. The van der Waals surface area contributed by atoms with Gasteiger partial charge in [-0.25, -0.2) is 0 Å². The fraction of sp³-hybridized carbons (Fsp3) is 0.448. The van der Waals surface area contributed by atoms with Crippen molar-refractivity contribution in [3.05, 3.63) is 59.2 Å². The number of hydrogen-bond acceptors (Lipinski definition) is 6. The lowest BCUT2D eigenvalue weighted by Gasteiger charge is -2.28. The highest BCUT2D eigenvalue weighted by atomic mass is 16.6. The number of nitrogens with one attached hydrogen (secondary N) is 1. The van der Waals surface area contributed by atoms with Gasteiger partial charge in [-0.2, -0.15) is 0 Å². The SMILES string of the molecule is CCCOc1ccc(C2/C(=C(\[O-])c3ccc4c(c3)OCCO4)C(=O)C(=O)N2CCC[NH+](CC)CC)cc1. The summed E-state index contributed by atoms with van der Waals surface area (Å²) >= 11 is 0. The van der Waals surface area contributed by atoms with Crippen LogP contribution < -0.4 is 24.2 Å². The first-order chi connectivity index (χ1) is 18.0. The van der Waals surface area contributed by atoms with Gasteiger partial charge >= 0.3 is 0 Å². The Morgan fingerprint density at radius 3 is 2.41 bits per heavy atom. The molecule has 8 nitrogen and oxygen atoms in total. The maximum atomic E-state index is 13.7. The van der Waals surface area contributed by atoms with E-state index in [4.69, 9.17) is 14.2 Å². The molecule has 2 aliphatic heterocycles. The molecule has 0 saturated carbocycles. The third-order valence-corrected chi connectivity index (χ3v) is 6.93. The minimum absolute atomic E-state index is 0.0286. The molecule has 2 heterocycles. The van der Waals surface area contributed by atoms with Gasteiger partial charge in [0.05, 0.1) is 32.3 Å². The van der Waals surface area contributed by atoms with Gasteiger partial charge in [0.2, 0.25) is 5.78 Å². The van der Waals surface area contributed by atoms with E-state index < -0.39 is 23.5 Å². The maximum absolute atomic E-state index is 13.7. The summed E-state index contributed by atoms with van der Waals surface area (Å²) in [6, 6.07) is 11.4. The van der Waals surface area contributed by atoms with Crippen molar-refractivity contribution in [2.24, 2.45) is 0 Å². The van der Waals surface area contributed by atoms with Crippen LogP contribution in [0.1, 0.15) is 50.8 Å². The van der Waals surface area contributed by atoms with Gasteiger partial charge in [-0.15, -0.1) is 0 Å². The summed E-state index contributed by atoms with van der Waals surface area (Å²) in [4.78, 5) is 29.5. The lowest BCUT2D eigenvalue weighted by Crippen LogP contribution is -3.11. The normalized spacial score (nSPS) is 18.5. The summed E-state index contributed by atoms with van der Waals surface area (Å²) in [6.07, 6.45) is 1.62. The van der Waals surface area contributed by atoms with Gasteiger partial charge < -0.3 is 29.1 Å². The van der Waals surface area contributed by atoms with Crippen molar-refractivity contribution in [2.75, 3.05) is 46.0 Å². The smallest absolute Gasteiger partial charge is 0.295 e. The molecule has 1 atom stereocenters. The van der Waals surface area contributed by atoms with Crippen molar-refractivity contribution in [2.45, 2.75) is 39.7 Å². The standard InChI is InChI=1S/C29H36N2O6/c1-4-16-35-22-11-8-20(9-12-22)26-25(27(32)21-10-13-23-24(19-21)37-18-17-36-23)28(33)29(34)31(26)15-7-14-30(5-2)6-3/h8-13,19,26,32H,4-7,14-18H2,1-3H3/b27-25+. The lowest BCUT2D eigenvalue weighted by atomic mass is 9.95. The molecule has 4 rings (SSSR count). The molecule has 2 aromatic carbocycles. The fourth-order valence-corrected chi connectivity index (χ4v) is 4.86. The number of rotatable bonds is 11. The van der Waals surface area contributed by atoms with Crippen molar-refractivity contribution in [1.29, 1.82) is 0 Å². The Hall–Kier alpha value is -3.52. The second kappa shape index (κ2) is 12.1. The zero-order valence-electron chi connectivity index (χ0n) is 21.9. The van der Waals surface area contributed by atoms with Crippen LogP contribution >= 0.6 is 0 Å². The average Bonchev–Trinajstić information content (AvgIpc) is 3.18. The van der Waals surface area contributed by atoms with Crippen LogP contribution in [0.3, 0.4) is 0 Å². The predicted octanol–water partition coefficient (Wildman–Crippen LogP) is 1.79. The molecule has 8 heteroatoms. The van der Waals surface area contributed by atoms with Crippen LogP contribution in [0.4, 0.5) is 0 Å². The topological polar surface area (TPSA) is 92.6 Å². The highest BCUT2D eigenvalue weighted by Crippen LogP contribution is 2.40. The Morgan fingerprint density at radius 2 is 1.73 bits per heavy atom. The van der Waals surface area contributed by atoms with Crippen molar-refractivity contribution in [3.8, 4) is 17.2 Å². The average molecular weight is 509 g/mol. The number of ether oxygens (including phenoxy) is 3. The molecular formula is C29H36N2O6. The largest absolute Gasteiger partial charge is 0.872 e. The van der Waals surface area contributed by atoms with Gasteiger partial charge in [0.15, 0.2) is 11.5 Å². The van der Waals surface area contributed by atoms with Crippen molar-refractivity contribution >= 4 is 17.4 Å². The molecule has 1 amide bonds. The molecule has 1 unspecified atom stereocenters. The number of nitrogens with zero attached hydrogens (tertiary/aromatic N) is 1. The third kappa shape index (κ3) is 5.74. The number of fused-ring (bicyclic) bond motifs is 1. The summed E-state index contributed by atoms with van der Waals surface area (Å²) < 4.78 is 16.9. The van der Waals surface area contributed by atoms with E-state index in [0.29, 0.717) is 54.7 Å². The predicted molar refractivity (Wildman–Crippen MR) is 138 cm³/mol. The molecule has 1 N–H and O–H groups in total. The minimum atomic E-state index is -0.757. The molecular weight excluding hydrogens is 472 g/mol. The first-order valence-electron chi connectivity index (χ1n) is 13.2. The molecule has 0 aliphatic carbocycles.